The number of rotatable bonds is 3. The van der Waals surface area contributed by atoms with Crippen LogP contribution in [-0.2, 0) is 6.18 Å². The summed E-state index contributed by atoms with van der Waals surface area (Å²) >= 11 is 8.84. The lowest BCUT2D eigenvalue weighted by Crippen LogP contribution is -2.19. The Balaban J connectivity index is 2.53. The van der Waals surface area contributed by atoms with Gasteiger partial charge in [0.2, 0.25) is 0 Å². The summed E-state index contributed by atoms with van der Waals surface area (Å²) in [7, 11) is 0. The SMILES string of the molecule is Cc1ccc(/C(F)=C/C(c2ccc(Br)c(Cl)c2)C(F)(F)F)cc1C(F)(F)F. The highest BCUT2D eigenvalue weighted by Crippen LogP contribution is 2.41. The van der Waals surface area contributed by atoms with Gasteiger partial charge in [-0.15, -0.1) is 0 Å². The summed E-state index contributed by atoms with van der Waals surface area (Å²) in [6.45, 7) is 1.18. The van der Waals surface area contributed by atoms with Crippen LogP contribution in [0.25, 0.3) is 5.83 Å². The fourth-order valence-corrected chi connectivity index (χ4v) is 2.84. The van der Waals surface area contributed by atoms with Gasteiger partial charge in [-0.05, 0) is 58.3 Å². The minimum atomic E-state index is -4.87. The third-order valence-corrected chi connectivity index (χ3v) is 5.02. The number of hydrogen-bond donors (Lipinski definition) is 0. The lowest BCUT2D eigenvalue weighted by Gasteiger charge is -2.18. The molecule has 0 N–H and O–H groups in total. The van der Waals surface area contributed by atoms with Gasteiger partial charge in [0, 0.05) is 10.0 Å². The van der Waals surface area contributed by atoms with Crippen LogP contribution >= 0.6 is 27.5 Å². The van der Waals surface area contributed by atoms with Gasteiger partial charge in [0.25, 0.3) is 0 Å². The van der Waals surface area contributed by atoms with Gasteiger partial charge in [0.1, 0.15) is 11.7 Å². The van der Waals surface area contributed by atoms with Crippen molar-refractivity contribution in [1.82, 2.24) is 0 Å². The van der Waals surface area contributed by atoms with E-state index in [4.69, 9.17) is 11.6 Å². The molecule has 0 aliphatic carbocycles. The van der Waals surface area contributed by atoms with Crippen molar-refractivity contribution in [3.05, 3.63) is 74.2 Å². The van der Waals surface area contributed by atoms with Crippen molar-refractivity contribution in [1.29, 1.82) is 0 Å². The van der Waals surface area contributed by atoms with Crippen LogP contribution in [-0.4, -0.2) is 6.18 Å². The molecule has 2 aromatic carbocycles. The molecule has 2 rings (SSSR count). The number of halogens is 9. The zero-order chi connectivity index (χ0) is 20.6. The zero-order valence-corrected chi connectivity index (χ0v) is 15.9. The van der Waals surface area contributed by atoms with E-state index in [1.54, 1.807) is 0 Å². The molecular weight excluding hydrogens is 465 g/mol. The number of benzene rings is 2. The summed E-state index contributed by atoms with van der Waals surface area (Å²) in [6.07, 6.45) is -9.38. The van der Waals surface area contributed by atoms with Crippen LogP contribution < -0.4 is 0 Å². The van der Waals surface area contributed by atoms with Crippen molar-refractivity contribution in [3.63, 3.8) is 0 Å². The van der Waals surface area contributed by atoms with Crippen LogP contribution in [0.2, 0.25) is 5.02 Å². The van der Waals surface area contributed by atoms with Crippen LogP contribution in [0, 0.1) is 6.92 Å². The van der Waals surface area contributed by atoms with E-state index in [1.807, 2.05) is 0 Å². The van der Waals surface area contributed by atoms with Crippen LogP contribution in [0.3, 0.4) is 0 Å². The molecule has 0 fully saturated rings. The van der Waals surface area contributed by atoms with Crippen LogP contribution in [0.5, 0.6) is 0 Å². The Labute approximate surface area is 163 Å². The summed E-state index contributed by atoms with van der Waals surface area (Å²) < 4.78 is 93.8. The van der Waals surface area contributed by atoms with Crippen molar-refractivity contribution in [2.75, 3.05) is 0 Å². The van der Waals surface area contributed by atoms with Gasteiger partial charge in [0.15, 0.2) is 0 Å². The molecule has 0 radical (unpaired) electrons. The van der Waals surface area contributed by atoms with Crippen molar-refractivity contribution < 1.29 is 30.7 Å². The van der Waals surface area contributed by atoms with E-state index in [1.165, 1.54) is 13.0 Å². The second kappa shape index (κ2) is 7.83. The lowest BCUT2D eigenvalue weighted by molar-refractivity contribution is -0.140. The molecule has 1 unspecified atom stereocenters. The number of allylic oxidation sites excluding steroid dienone is 1. The van der Waals surface area contributed by atoms with Gasteiger partial charge in [-0.1, -0.05) is 29.8 Å². The maximum atomic E-state index is 14.4. The summed E-state index contributed by atoms with van der Waals surface area (Å²) in [5.74, 6) is -3.79. The van der Waals surface area contributed by atoms with E-state index in [0.29, 0.717) is 10.5 Å². The molecule has 0 aliphatic rings. The van der Waals surface area contributed by atoms with Crippen molar-refractivity contribution in [3.8, 4) is 0 Å². The Morgan fingerprint density at radius 3 is 2.19 bits per heavy atom. The van der Waals surface area contributed by atoms with Crippen LogP contribution in [0.4, 0.5) is 30.7 Å². The fourth-order valence-electron chi connectivity index (χ4n) is 2.40. The molecule has 9 heteroatoms. The quantitative estimate of drug-likeness (QED) is 0.394. The molecule has 0 bridgehead atoms. The monoisotopic (exact) mass is 474 g/mol. The summed E-state index contributed by atoms with van der Waals surface area (Å²) in [5, 5.41) is -0.00903. The maximum Gasteiger partial charge on any atom is 0.416 e. The fraction of sp³-hybridized carbons (Fsp3) is 0.222. The Kier molecular flexibility index (Phi) is 6.31. The second-order valence-electron chi connectivity index (χ2n) is 5.73. The molecular formula is C18H11BrClF7. The van der Waals surface area contributed by atoms with E-state index in [-0.39, 0.29) is 22.2 Å². The first-order valence-electron chi connectivity index (χ1n) is 7.38. The van der Waals surface area contributed by atoms with E-state index < -0.39 is 35.2 Å². The third kappa shape index (κ3) is 5.25. The van der Waals surface area contributed by atoms with Gasteiger partial charge < -0.3 is 0 Å². The molecule has 2 aromatic rings. The Morgan fingerprint density at radius 1 is 1.04 bits per heavy atom. The molecule has 0 aliphatic heterocycles. The Hall–Kier alpha value is -1.54. The minimum Gasteiger partial charge on any atom is -0.207 e. The minimum absolute atomic E-state index is 0.00903. The van der Waals surface area contributed by atoms with Crippen LogP contribution in [0.1, 0.15) is 28.2 Å². The standard InChI is InChI=1S/C18H11BrClF7/c1-9-2-3-11(6-12(9)17(22,23)24)16(21)8-13(18(25,26)27)10-4-5-14(19)15(20)7-10/h2-8,13H,1H3/b16-8-. The van der Waals surface area contributed by atoms with E-state index >= 15 is 0 Å². The average molecular weight is 476 g/mol. The van der Waals surface area contributed by atoms with Gasteiger partial charge >= 0.3 is 12.4 Å². The van der Waals surface area contributed by atoms with E-state index in [0.717, 1.165) is 24.3 Å². The first kappa shape index (κ1) is 21.8. The number of hydrogen-bond acceptors (Lipinski definition) is 0. The average Bonchev–Trinajstić information content (AvgIpc) is 2.53. The predicted molar refractivity (Wildman–Crippen MR) is 93.2 cm³/mol. The molecule has 0 saturated heterocycles. The highest BCUT2D eigenvalue weighted by Gasteiger charge is 2.40. The first-order valence-corrected chi connectivity index (χ1v) is 8.55. The first-order chi connectivity index (χ1) is 12.3. The van der Waals surface area contributed by atoms with Crippen LogP contribution in [0.15, 0.2) is 46.9 Å². The van der Waals surface area contributed by atoms with Gasteiger partial charge in [-0.25, -0.2) is 4.39 Å². The zero-order valence-electron chi connectivity index (χ0n) is 13.5. The van der Waals surface area contributed by atoms with Crippen molar-refractivity contribution in [2.45, 2.75) is 25.2 Å². The number of aryl methyl sites for hydroxylation is 1. The summed E-state index contributed by atoms with van der Waals surface area (Å²) in [6, 6.07) is 5.89. The maximum absolute atomic E-state index is 14.4. The summed E-state index contributed by atoms with van der Waals surface area (Å²) in [4.78, 5) is 0. The lowest BCUT2D eigenvalue weighted by atomic mass is 9.96. The molecule has 27 heavy (non-hydrogen) atoms. The molecule has 0 saturated carbocycles. The molecule has 0 nitrogen and oxygen atoms in total. The second-order valence-corrected chi connectivity index (χ2v) is 7.00. The van der Waals surface area contributed by atoms with Gasteiger partial charge in [-0.2, -0.15) is 26.3 Å². The molecule has 1 atom stereocenters. The summed E-state index contributed by atoms with van der Waals surface area (Å²) in [5.41, 5.74) is -2.20. The molecule has 146 valence electrons. The number of alkyl halides is 6. The van der Waals surface area contributed by atoms with E-state index in [9.17, 15) is 30.7 Å². The van der Waals surface area contributed by atoms with E-state index in [2.05, 4.69) is 15.9 Å². The largest absolute Gasteiger partial charge is 0.416 e. The molecule has 0 aromatic heterocycles. The Morgan fingerprint density at radius 2 is 1.67 bits per heavy atom. The van der Waals surface area contributed by atoms with Crippen molar-refractivity contribution >= 4 is 33.4 Å². The van der Waals surface area contributed by atoms with Gasteiger partial charge in [0.05, 0.1) is 10.6 Å². The molecule has 0 spiro atoms. The highest BCUT2D eigenvalue weighted by atomic mass is 79.9. The predicted octanol–water partition coefficient (Wildman–Crippen LogP) is 8.09. The van der Waals surface area contributed by atoms with Crippen molar-refractivity contribution in [2.24, 2.45) is 0 Å². The third-order valence-electron chi connectivity index (χ3n) is 3.79. The molecule has 0 amide bonds. The van der Waals surface area contributed by atoms with Gasteiger partial charge in [-0.3, -0.25) is 0 Å². The normalized spacial score (nSPS) is 14.4. The Bertz CT molecular complexity index is 869. The smallest absolute Gasteiger partial charge is 0.207 e. The highest BCUT2D eigenvalue weighted by molar-refractivity contribution is 9.10. The molecule has 0 heterocycles. The topological polar surface area (TPSA) is 0 Å².